The van der Waals surface area contributed by atoms with Crippen molar-refractivity contribution in [3.8, 4) is 0 Å². The van der Waals surface area contributed by atoms with E-state index in [-0.39, 0.29) is 63.6 Å². The largest absolute Gasteiger partial charge is 1.00 e. The van der Waals surface area contributed by atoms with Gasteiger partial charge in [0, 0.05) is 0 Å². The van der Waals surface area contributed by atoms with E-state index in [1.165, 1.54) is 6.92 Å². The van der Waals surface area contributed by atoms with Gasteiger partial charge in [-0.2, -0.15) is 0 Å². The summed E-state index contributed by atoms with van der Waals surface area (Å²) in [6.07, 6.45) is 0. The number of ether oxygens (including phenoxy) is 1. The van der Waals surface area contributed by atoms with Gasteiger partial charge in [0.05, 0.1) is 5.57 Å². The Morgan fingerprint density at radius 3 is 2.36 bits per heavy atom. The first-order valence-electron chi connectivity index (χ1n) is 2.71. The Labute approximate surface area is 106 Å². The van der Waals surface area contributed by atoms with Gasteiger partial charge in [-0.3, -0.25) is 4.79 Å². The number of esters is 1. The Morgan fingerprint density at radius 2 is 2.18 bits per heavy atom. The molecule has 0 radical (unpaired) electrons. The van der Waals surface area contributed by atoms with Crippen LogP contribution in [0, 0.1) is 0 Å². The molecule has 0 atom stereocenters. The van der Waals surface area contributed by atoms with Crippen LogP contribution in [0.3, 0.4) is 0 Å². The Kier molecular flexibility index (Phi) is 4.49. The van der Waals surface area contributed by atoms with Crippen LogP contribution in [0.25, 0.3) is 0 Å². The van der Waals surface area contributed by atoms with Crippen LogP contribution in [-0.4, -0.2) is 18.4 Å². The molecular weight excluding hydrogens is 175 g/mol. The molecule has 0 unspecified atom stereocenters. The number of ketones is 1. The maximum Gasteiger partial charge on any atom is 1.00 e. The third-order valence-electron chi connectivity index (χ3n) is 1.17. The fourth-order valence-corrected chi connectivity index (χ4v) is 0.729. The number of carbonyl (C=O) groups excluding carboxylic acids is 2. The first-order chi connectivity index (χ1) is 4.63. The van der Waals surface area contributed by atoms with Crippen LogP contribution in [0.15, 0.2) is 11.3 Å². The van der Waals surface area contributed by atoms with Crippen molar-refractivity contribution in [2.45, 2.75) is 6.92 Å². The fraction of sp³-hybridized carbons (Fsp3) is 0.333. The topological polar surface area (TPSA) is 66.4 Å². The first kappa shape index (κ1) is 11.3. The predicted octanol–water partition coefficient (Wildman–Crippen LogP) is -4.25. The van der Waals surface area contributed by atoms with Crippen LogP contribution in [0.1, 0.15) is 6.92 Å². The van der Waals surface area contributed by atoms with Crippen molar-refractivity contribution >= 4 is 11.8 Å². The smallest absolute Gasteiger partial charge is 0.873 e. The molecule has 0 saturated carbocycles. The molecular formula is C6H5KO4. The van der Waals surface area contributed by atoms with E-state index >= 15 is 0 Å². The second kappa shape index (κ2) is 4.37. The molecule has 1 heterocycles. The van der Waals surface area contributed by atoms with Gasteiger partial charge >= 0.3 is 57.4 Å². The number of Topliss-reactive ketones (excluding diaryl/α,β-unsaturated/α-hetero) is 1. The average molecular weight is 180 g/mol. The summed E-state index contributed by atoms with van der Waals surface area (Å²) in [7, 11) is 0. The standard InChI is InChI=1S/C6H6O4.K/c1-3(7)5-4(8)2-10-6(5)9;/h8H,2H2,1H3;/q;+1/p-1. The molecule has 54 valence electrons. The van der Waals surface area contributed by atoms with Crippen LogP contribution in [0.4, 0.5) is 0 Å². The number of carbonyl (C=O) groups is 2. The summed E-state index contributed by atoms with van der Waals surface area (Å²) in [5.41, 5.74) is -0.333. The van der Waals surface area contributed by atoms with Gasteiger partial charge in [-0.15, -0.1) is 0 Å². The molecule has 11 heavy (non-hydrogen) atoms. The van der Waals surface area contributed by atoms with E-state index in [9.17, 15) is 14.7 Å². The first-order valence-corrected chi connectivity index (χ1v) is 2.71. The van der Waals surface area contributed by atoms with Crippen LogP contribution in [-0.2, 0) is 14.3 Å². The zero-order valence-electron chi connectivity index (χ0n) is 6.34. The Balaban J connectivity index is 0.000001000. The third kappa shape index (κ3) is 2.38. The van der Waals surface area contributed by atoms with Crippen LogP contribution < -0.4 is 56.5 Å². The normalized spacial score (nSPS) is 15.9. The van der Waals surface area contributed by atoms with Gasteiger partial charge < -0.3 is 9.84 Å². The molecule has 0 aromatic rings. The zero-order chi connectivity index (χ0) is 7.72. The molecule has 0 amide bonds. The van der Waals surface area contributed by atoms with Crippen molar-refractivity contribution in [1.82, 2.24) is 0 Å². The molecule has 1 aliphatic rings. The minimum absolute atomic E-state index is 0. The van der Waals surface area contributed by atoms with E-state index in [2.05, 4.69) is 4.74 Å². The van der Waals surface area contributed by atoms with Crippen LogP contribution in [0.5, 0.6) is 0 Å². The summed E-state index contributed by atoms with van der Waals surface area (Å²) in [5, 5.41) is 10.6. The van der Waals surface area contributed by atoms with Crippen LogP contribution in [0.2, 0.25) is 0 Å². The Morgan fingerprint density at radius 1 is 1.64 bits per heavy atom. The van der Waals surface area contributed by atoms with Crippen molar-refractivity contribution in [3.05, 3.63) is 11.3 Å². The van der Waals surface area contributed by atoms with Gasteiger partial charge in [0.1, 0.15) is 6.61 Å². The summed E-state index contributed by atoms with van der Waals surface area (Å²) in [6.45, 7) is 0.882. The molecule has 4 nitrogen and oxygen atoms in total. The molecule has 0 saturated heterocycles. The molecule has 0 aromatic heterocycles. The summed E-state index contributed by atoms with van der Waals surface area (Å²) in [4.78, 5) is 21.0. The minimum Gasteiger partial charge on any atom is -0.873 e. The summed E-state index contributed by atoms with van der Waals surface area (Å²) in [5.74, 6) is -1.83. The Hall–Kier alpha value is 0.316. The third-order valence-corrected chi connectivity index (χ3v) is 1.17. The van der Waals surface area contributed by atoms with Crippen LogP contribution >= 0.6 is 0 Å². The van der Waals surface area contributed by atoms with Crippen molar-refractivity contribution < 1.29 is 70.8 Å². The summed E-state index contributed by atoms with van der Waals surface area (Å²) in [6, 6.07) is 0. The second-order valence-corrected chi connectivity index (χ2v) is 1.93. The van der Waals surface area contributed by atoms with E-state index in [1.54, 1.807) is 0 Å². The van der Waals surface area contributed by atoms with E-state index < -0.39 is 17.5 Å². The molecule has 0 spiro atoms. The number of rotatable bonds is 1. The van der Waals surface area contributed by atoms with Gasteiger partial charge in [-0.1, -0.05) is 5.76 Å². The summed E-state index contributed by atoms with van der Waals surface area (Å²) >= 11 is 0. The quantitative estimate of drug-likeness (QED) is 0.233. The zero-order valence-corrected chi connectivity index (χ0v) is 9.46. The molecule has 0 aromatic carbocycles. The molecule has 1 aliphatic heterocycles. The van der Waals surface area contributed by atoms with E-state index in [0.717, 1.165) is 0 Å². The molecule has 0 N–H and O–H groups in total. The number of hydrogen-bond acceptors (Lipinski definition) is 4. The molecule has 5 heteroatoms. The Bertz CT molecular complexity index is 231. The van der Waals surface area contributed by atoms with Gasteiger partial charge in [0.25, 0.3) is 0 Å². The molecule has 0 fully saturated rings. The number of hydrogen-bond donors (Lipinski definition) is 0. The van der Waals surface area contributed by atoms with Crippen molar-refractivity contribution in [3.63, 3.8) is 0 Å². The molecule has 0 bridgehead atoms. The van der Waals surface area contributed by atoms with E-state index in [0.29, 0.717) is 0 Å². The molecule has 0 aliphatic carbocycles. The minimum atomic E-state index is -0.794. The average Bonchev–Trinajstić information content (AvgIpc) is 2.11. The maximum atomic E-state index is 10.6. The van der Waals surface area contributed by atoms with Gasteiger partial charge in [0.15, 0.2) is 5.78 Å². The SMILES string of the molecule is CC(=O)C1=C([O-])COC1=O.[K+]. The van der Waals surface area contributed by atoms with Crippen molar-refractivity contribution in [2.24, 2.45) is 0 Å². The van der Waals surface area contributed by atoms with Gasteiger partial charge in [-0.05, 0) is 6.92 Å². The van der Waals surface area contributed by atoms with Crippen molar-refractivity contribution in [2.75, 3.05) is 6.61 Å². The molecule has 1 rings (SSSR count). The maximum absolute atomic E-state index is 10.6. The van der Waals surface area contributed by atoms with Gasteiger partial charge in [-0.25, -0.2) is 4.79 Å². The van der Waals surface area contributed by atoms with Crippen molar-refractivity contribution in [1.29, 1.82) is 0 Å². The summed E-state index contributed by atoms with van der Waals surface area (Å²) < 4.78 is 4.29. The van der Waals surface area contributed by atoms with E-state index in [1.807, 2.05) is 0 Å². The van der Waals surface area contributed by atoms with Gasteiger partial charge in [0.2, 0.25) is 0 Å². The predicted molar refractivity (Wildman–Crippen MR) is 28.7 cm³/mol. The fourth-order valence-electron chi connectivity index (χ4n) is 0.729. The number of cyclic esters (lactones) is 1. The second-order valence-electron chi connectivity index (χ2n) is 1.93. The monoisotopic (exact) mass is 180 g/mol. The van der Waals surface area contributed by atoms with E-state index in [4.69, 9.17) is 0 Å².